The van der Waals surface area contributed by atoms with Crippen LogP contribution >= 0.6 is 23.2 Å². The van der Waals surface area contributed by atoms with Crippen molar-refractivity contribution in [3.8, 4) is 6.07 Å². The molecule has 21 heavy (non-hydrogen) atoms. The number of rotatable bonds is 2. The highest BCUT2D eigenvalue weighted by atomic mass is 35.5. The minimum Gasteiger partial charge on any atom is -0.197 e. The number of hydrogen-bond donors (Lipinski definition) is 0. The molecule has 0 aromatic heterocycles. The Morgan fingerprint density at radius 3 is 2.71 bits per heavy atom. The summed E-state index contributed by atoms with van der Waals surface area (Å²) < 4.78 is 0. The summed E-state index contributed by atoms with van der Waals surface area (Å²) in [6, 6.07) is 16.5. The van der Waals surface area contributed by atoms with Gasteiger partial charge in [-0.1, -0.05) is 59.6 Å². The second kappa shape index (κ2) is 5.72. The van der Waals surface area contributed by atoms with Gasteiger partial charge in [-0.15, -0.1) is 0 Å². The minimum absolute atomic E-state index is 0.497. The van der Waals surface area contributed by atoms with Crippen LogP contribution < -0.4 is 0 Å². The zero-order chi connectivity index (χ0) is 14.9. The number of fused-ring (bicyclic) bond motifs is 1. The summed E-state index contributed by atoms with van der Waals surface area (Å²) >= 11 is 12.4. The highest BCUT2D eigenvalue weighted by Crippen LogP contribution is 2.41. The van der Waals surface area contributed by atoms with Gasteiger partial charge in [0, 0.05) is 0 Å². The molecule has 1 aliphatic carbocycles. The van der Waals surface area contributed by atoms with Crippen molar-refractivity contribution in [3.63, 3.8) is 0 Å². The maximum Gasteiger partial charge on any atom is 0.0865 e. The molecule has 0 amide bonds. The zero-order valence-corrected chi connectivity index (χ0v) is 13.1. The van der Waals surface area contributed by atoms with E-state index in [4.69, 9.17) is 23.2 Å². The van der Waals surface area contributed by atoms with Crippen LogP contribution in [0, 0.1) is 11.3 Å². The standard InChI is InChI=1S/C18H15Cl2N/c19-16-9-3-6-14(17(16)20)11-18(12-21)10-4-7-13-5-1-2-8-15(13)18/h1-3,5-6,8-9H,4,7,10-11H2. The molecule has 1 atom stereocenters. The van der Waals surface area contributed by atoms with Crippen LogP contribution in [0.2, 0.25) is 10.0 Å². The van der Waals surface area contributed by atoms with Crippen LogP contribution in [0.3, 0.4) is 0 Å². The van der Waals surface area contributed by atoms with Gasteiger partial charge in [0.1, 0.15) is 0 Å². The predicted molar refractivity (Wildman–Crippen MR) is 86.8 cm³/mol. The monoisotopic (exact) mass is 315 g/mol. The molecule has 1 nitrogen and oxygen atoms in total. The second-order valence-electron chi connectivity index (χ2n) is 5.59. The van der Waals surface area contributed by atoms with Gasteiger partial charge in [0.15, 0.2) is 0 Å². The molecule has 1 aliphatic rings. The lowest BCUT2D eigenvalue weighted by Gasteiger charge is -2.33. The summed E-state index contributed by atoms with van der Waals surface area (Å²) in [6.45, 7) is 0. The summed E-state index contributed by atoms with van der Waals surface area (Å²) in [4.78, 5) is 0. The molecule has 0 saturated carbocycles. The fourth-order valence-electron chi connectivity index (χ4n) is 3.27. The van der Waals surface area contributed by atoms with E-state index in [0.29, 0.717) is 16.5 Å². The Labute approximate surface area is 135 Å². The van der Waals surface area contributed by atoms with Gasteiger partial charge in [-0.3, -0.25) is 0 Å². The van der Waals surface area contributed by atoms with E-state index in [0.717, 1.165) is 30.4 Å². The molecular formula is C18H15Cl2N. The summed E-state index contributed by atoms with van der Waals surface area (Å²) in [6.07, 6.45) is 3.55. The molecule has 2 aromatic rings. The highest BCUT2D eigenvalue weighted by Gasteiger charge is 2.37. The molecule has 3 heteroatoms. The molecule has 0 bridgehead atoms. The fourth-order valence-corrected chi connectivity index (χ4v) is 3.66. The van der Waals surface area contributed by atoms with Crippen LogP contribution in [0.4, 0.5) is 0 Å². The molecule has 0 N–H and O–H groups in total. The first-order valence-corrected chi connectivity index (χ1v) is 7.84. The molecule has 0 fully saturated rings. The van der Waals surface area contributed by atoms with Gasteiger partial charge >= 0.3 is 0 Å². The van der Waals surface area contributed by atoms with E-state index < -0.39 is 5.41 Å². The topological polar surface area (TPSA) is 23.8 Å². The molecule has 1 unspecified atom stereocenters. The van der Waals surface area contributed by atoms with E-state index in [1.807, 2.05) is 24.3 Å². The van der Waals surface area contributed by atoms with E-state index >= 15 is 0 Å². The number of nitriles is 1. The van der Waals surface area contributed by atoms with Gasteiger partial charge in [0.2, 0.25) is 0 Å². The summed E-state index contributed by atoms with van der Waals surface area (Å²) in [5, 5.41) is 11.0. The van der Waals surface area contributed by atoms with E-state index in [1.165, 1.54) is 5.56 Å². The van der Waals surface area contributed by atoms with Crippen LogP contribution in [0.1, 0.15) is 29.5 Å². The van der Waals surface area contributed by atoms with Crippen LogP contribution in [0.5, 0.6) is 0 Å². The van der Waals surface area contributed by atoms with Crippen molar-refractivity contribution >= 4 is 23.2 Å². The van der Waals surface area contributed by atoms with E-state index in [1.54, 1.807) is 6.07 Å². The largest absolute Gasteiger partial charge is 0.197 e. The molecular weight excluding hydrogens is 301 g/mol. The summed E-state index contributed by atoms with van der Waals surface area (Å²) in [7, 11) is 0. The smallest absolute Gasteiger partial charge is 0.0865 e. The van der Waals surface area contributed by atoms with Crippen molar-refractivity contribution in [1.82, 2.24) is 0 Å². The number of hydrogen-bond acceptors (Lipinski definition) is 1. The molecule has 0 saturated heterocycles. The molecule has 0 aliphatic heterocycles. The molecule has 0 heterocycles. The molecule has 2 aromatic carbocycles. The summed E-state index contributed by atoms with van der Waals surface area (Å²) in [5.74, 6) is 0. The van der Waals surface area contributed by atoms with Gasteiger partial charge in [-0.2, -0.15) is 5.26 Å². The van der Waals surface area contributed by atoms with Crippen molar-refractivity contribution in [1.29, 1.82) is 5.26 Å². The lowest BCUT2D eigenvalue weighted by atomic mass is 9.68. The SMILES string of the molecule is N#CC1(Cc2cccc(Cl)c2Cl)CCCc2ccccc21. The maximum atomic E-state index is 9.88. The van der Waals surface area contributed by atoms with Crippen molar-refractivity contribution < 1.29 is 0 Å². The van der Waals surface area contributed by atoms with E-state index in [2.05, 4.69) is 18.2 Å². The van der Waals surface area contributed by atoms with Crippen molar-refractivity contribution in [2.75, 3.05) is 0 Å². The lowest BCUT2D eigenvalue weighted by Crippen LogP contribution is -2.31. The molecule has 0 spiro atoms. The van der Waals surface area contributed by atoms with Crippen LogP contribution in [-0.4, -0.2) is 0 Å². The van der Waals surface area contributed by atoms with Crippen molar-refractivity contribution in [2.45, 2.75) is 31.1 Å². The quantitative estimate of drug-likeness (QED) is 0.734. The van der Waals surface area contributed by atoms with Gasteiger partial charge in [0.05, 0.1) is 21.5 Å². The Bertz CT molecular complexity index is 717. The van der Waals surface area contributed by atoms with Gasteiger partial charge in [-0.05, 0) is 48.4 Å². The third kappa shape index (κ3) is 2.55. The average Bonchev–Trinajstić information content (AvgIpc) is 2.52. The lowest BCUT2D eigenvalue weighted by molar-refractivity contribution is 0.450. The van der Waals surface area contributed by atoms with Crippen LogP contribution in [0.25, 0.3) is 0 Å². The first kappa shape index (κ1) is 14.4. The van der Waals surface area contributed by atoms with Gasteiger partial charge < -0.3 is 0 Å². The minimum atomic E-state index is -0.497. The Morgan fingerprint density at radius 1 is 1.10 bits per heavy atom. The number of benzene rings is 2. The number of nitrogens with zero attached hydrogens (tertiary/aromatic N) is 1. The molecule has 106 valence electrons. The highest BCUT2D eigenvalue weighted by molar-refractivity contribution is 6.42. The number of halogens is 2. The van der Waals surface area contributed by atoms with Gasteiger partial charge in [0.25, 0.3) is 0 Å². The number of aryl methyl sites for hydroxylation is 1. The third-order valence-corrected chi connectivity index (χ3v) is 5.18. The fraction of sp³-hybridized carbons (Fsp3) is 0.278. The maximum absolute atomic E-state index is 9.88. The van der Waals surface area contributed by atoms with Crippen LogP contribution in [0.15, 0.2) is 42.5 Å². The van der Waals surface area contributed by atoms with Crippen molar-refractivity contribution in [3.05, 3.63) is 69.2 Å². The second-order valence-corrected chi connectivity index (χ2v) is 6.38. The predicted octanol–water partition coefficient (Wildman–Crippen LogP) is 5.33. The first-order chi connectivity index (χ1) is 10.2. The van der Waals surface area contributed by atoms with E-state index in [-0.39, 0.29) is 0 Å². The van der Waals surface area contributed by atoms with E-state index in [9.17, 15) is 5.26 Å². The Hall–Kier alpha value is -1.49. The normalized spacial score (nSPS) is 20.6. The molecule has 0 radical (unpaired) electrons. The first-order valence-electron chi connectivity index (χ1n) is 7.09. The van der Waals surface area contributed by atoms with Gasteiger partial charge in [-0.25, -0.2) is 0 Å². The Morgan fingerprint density at radius 2 is 1.90 bits per heavy atom. The Balaban J connectivity index is 2.07. The van der Waals surface area contributed by atoms with Crippen molar-refractivity contribution in [2.24, 2.45) is 0 Å². The average molecular weight is 316 g/mol. The zero-order valence-electron chi connectivity index (χ0n) is 11.6. The third-order valence-electron chi connectivity index (χ3n) is 4.32. The van der Waals surface area contributed by atoms with Crippen LogP contribution in [-0.2, 0) is 18.3 Å². The summed E-state index contributed by atoms with van der Waals surface area (Å²) in [5.41, 5.74) is 2.88. The molecule has 3 rings (SSSR count). The Kier molecular flexibility index (Phi) is 3.93.